The molecule has 5 nitrogen and oxygen atoms in total. The number of anilines is 1. The van der Waals surface area contributed by atoms with Gasteiger partial charge in [-0.3, -0.25) is 9.59 Å². The fourth-order valence-electron chi connectivity index (χ4n) is 1.66. The third-order valence-corrected chi connectivity index (χ3v) is 3.55. The average Bonchev–Trinajstić information content (AvgIpc) is 2.99. The summed E-state index contributed by atoms with van der Waals surface area (Å²) in [4.78, 5) is 24.3. The zero-order valence-electron chi connectivity index (χ0n) is 11.1. The minimum atomic E-state index is -0.368. The van der Waals surface area contributed by atoms with Gasteiger partial charge in [-0.25, -0.2) is 0 Å². The van der Waals surface area contributed by atoms with Crippen LogP contribution < -0.4 is 10.6 Å². The number of nitrogens with zero attached hydrogens (tertiary/aromatic N) is 1. The molecular formula is C15H13N3O2S. The average molecular weight is 299 g/mol. The molecule has 6 heteroatoms. The van der Waals surface area contributed by atoms with Gasteiger partial charge >= 0.3 is 0 Å². The highest BCUT2D eigenvalue weighted by Gasteiger charge is 2.06. The third-order valence-electron chi connectivity index (χ3n) is 2.67. The predicted molar refractivity (Wildman–Crippen MR) is 80.8 cm³/mol. The SMILES string of the molecule is N#CCC(=O)Nc1ccc(C(=O)NCc2cccs2)cc1. The van der Waals surface area contributed by atoms with Gasteiger partial charge in [0, 0.05) is 16.1 Å². The summed E-state index contributed by atoms with van der Waals surface area (Å²) in [6.07, 6.45) is -0.191. The number of carbonyl (C=O) groups excluding carboxylic acids is 2. The lowest BCUT2D eigenvalue weighted by Gasteiger charge is -2.06. The number of hydrogen-bond acceptors (Lipinski definition) is 4. The van der Waals surface area contributed by atoms with E-state index in [1.165, 1.54) is 0 Å². The van der Waals surface area contributed by atoms with E-state index in [2.05, 4.69) is 10.6 Å². The molecule has 0 saturated heterocycles. The van der Waals surface area contributed by atoms with Gasteiger partial charge < -0.3 is 10.6 Å². The van der Waals surface area contributed by atoms with Crippen LogP contribution in [0.15, 0.2) is 41.8 Å². The normalized spacial score (nSPS) is 9.67. The second kappa shape index (κ2) is 7.22. The van der Waals surface area contributed by atoms with Crippen LogP contribution in [0.1, 0.15) is 21.7 Å². The van der Waals surface area contributed by atoms with E-state index in [9.17, 15) is 9.59 Å². The van der Waals surface area contributed by atoms with Crippen LogP contribution in [0.2, 0.25) is 0 Å². The third kappa shape index (κ3) is 4.44. The molecule has 1 aromatic carbocycles. The number of nitriles is 1. The van der Waals surface area contributed by atoms with Crippen LogP contribution in [0, 0.1) is 11.3 Å². The molecule has 0 unspecified atom stereocenters. The fourth-order valence-corrected chi connectivity index (χ4v) is 2.31. The lowest BCUT2D eigenvalue weighted by molar-refractivity contribution is -0.115. The maximum absolute atomic E-state index is 11.9. The lowest BCUT2D eigenvalue weighted by Crippen LogP contribution is -2.22. The number of amides is 2. The first kappa shape index (κ1) is 14.8. The van der Waals surface area contributed by atoms with Crippen LogP contribution in [-0.2, 0) is 11.3 Å². The van der Waals surface area contributed by atoms with Gasteiger partial charge in [0.05, 0.1) is 12.6 Å². The van der Waals surface area contributed by atoms with Gasteiger partial charge in [-0.1, -0.05) is 6.07 Å². The van der Waals surface area contributed by atoms with Crippen molar-refractivity contribution in [3.05, 3.63) is 52.2 Å². The summed E-state index contributed by atoms with van der Waals surface area (Å²) in [6.45, 7) is 0.497. The van der Waals surface area contributed by atoms with Crippen LogP contribution >= 0.6 is 11.3 Å². The van der Waals surface area contributed by atoms with Crippen molar-refractivity contribution in [2.75, 3.05) is 5.32 Å². The van der Waals surface area contributed by atoms with Crippen molar-refractivity contribution in [1.29, 1.82) is 5.26 Å². The predicted octanol–water partition coefficient (Wildman–Crippen LogP) is 2.53. The summed E-state index contributed by atoms with van der Waals surface area (Å²) in [5.74, 6) is -0.536. The second-order valence-electron chi connectivity index (χ2n) is 4.22. The molecule has 0 atom stereocenters. The van der Waals surface area contributed by atoms with E-state index in [4.69, 9.17) is 5.26 Å². The van der Waals surface area contributed by atoms with Crippen LogP contribution in [0.5, 0.6) is 0 Å². The number of nitrogens with one attached hydrogen (secondary N) is 2. The molecule has 0 aliphatic heterocycles. The minimum Gasteiger partial charge on any atom is -0.347 e. The molecule has 0 radical (unpaired) electrons. The topological polar surface area (TPSA) is 82.0 Å². The maximum Gasteiger partial charge on any atom is 0.251 e. The van der Waals surface area contributed by atoms with Crippen LogP contribution in [-0.4, -0.2) is 11.8 Å². The Bertz CT molecular complexity index is 657. The largest absolute Gasteiger partial charge is 0.347 e. The number of carbonyl (C=O) groups is 2. The Morgan fingerprint density at radius 3 is 2.57 bits per heavy atom. The summed E-state index contributed by atoms with van der Waals surface area (Å²) in [5.41, 5.74) is 1.08. The second-order valence-corrected chi connectivity index (χ2v) is 5.25. The molecule has 2 N–H and O–H groups in total. The van der Waals surface area contributed by atoms with Crippen molar-refractivity contribution in [2.24, 2.45) is 0 Å². The highest BCUT2D eigenvalue weighted by atomic mass is 32.1. The van der Waals surface area contributed by atoms with Gasteiger partial charge in [0.2, 0.25) is 5.91 Å². The van der Waals surface area contributed by atoms with E-state index >= 15 is 0 Å². The first-order chi connectivity index (χ1) is 10.2. The molecule has 106 valence electrons. The molecule has 1 heterocycles. The molecule has 0 bridgehead atoms. The zero-order valence-corrected chi connectivity index (χ0v) is 11.9. The number of benzene rings is 1. The van der Waals surface area contributed by atoms with E-state index < -0.39 is 0 Å². The van der Waals surface area contributed by atoms with Gasteiger partial charge in [-0.2, -0.15) is 5.26 Å². The van der Waals surface area contributed by atoms with E-state index in [1.54, 1.807) is 41.7 Å². The first-order valence-electron chi connectivity index (χ1n) is 6.26. The Hall–Kier alpha value is -2.65. The highest BCUT2D eigenvalue weighted by molar-refractivity contribution is 7.09. The van der Waals surface area contributed by atoms with Crippen LogP contribution in [0.4, 0.5) is 5.69 Å². The smallest absolute Gasteiger partial charge is 0.251 e. The maximum atomic E-state index is 11.9. The van der Waals surface area contributed by atoms with E-state index in [-0.39, 0.29) is 18.2 Å². The molecule has 2 rings (SSSR count). The molecule has 0 fully saturated rings. The van der Waals surface area contributed by atoms with Crippen molar-refractivity contribution < 1.29 is 9.59 Å². The Morgan fingerprint density at radius 2 is 1.95 bits per heavy atom. The molecule has 0 saturated carbocycles. The van der Waals surface area contributed by atoms with E-state index in [1.807, 2.05) is 17.5 Å². The van der Waals surface area contributed by atoms with Gasteiger partial charge in [0.15, 0.2) is 0 Å². The Morgan fingerprint density at radius 1 is 1.19 bits per heavy atom. The summed E-state index contributed by atoms with van der Waals surface area (Å²) in [5, 5.41) is 15.8. The van der Waals surface area contributed by atoms with Gasteiger partial charge in [0.1, 0.15) is 6.42 Å². The Kier molecular flexibility index (Phi) is 5.07. The zero-order chi connectivity index (χ0) is 15.1. The lowest BCUT2D eigenvalue weighted by atomic mass is 10.2. The molecule has 0 aliphatic carbocycles. The van der Waals surface area contributed by atoms with Gasteiger partial charge in [-0.05, 0) is 35.7 Å². The summed E-state index contributed by atoms with van der Waals surface area (Å²) < 4.78 is 0. The standard InChI is InChI=1S/C15H13N3O2S/c16-8-7-14(19)18-12-5-3-11(4-6-12)15(20)17-10-13-2-1-9-21-13/h1-6,9H,7,10H2,(H,17,20)(H,18,19). The summed E-state index contributed by atoms with van der Waals surface area (Å²) >= 11 is 1.59. The first-order valence-corrected chi connectivity index (χ1v) is 7.14. The van der Waals surface area contributed by atoms with Crippen molar-refractivity contribution >= 4 is 28.8 Å². The molecule has 1 aromatic heterocycles. The molecular weight excluding hydrogens is 286 g/mol. The highest BCUT2D eigenvalue weighted by Crippen LogP contribution is 2.11. The summed E-state index contributed by atoms with van der Waals surface area (Å²) in [6, 6.07) is 12.2. The number of hydrogen-bond donors (Lipinski definition) is 2. The Balaban J connectivity index is 1.90. The molecule has 21 heavy (non-hydrogen) atoms. The number of thiophene rings is 1. The van der Waals surface area contributed by atoms with Gasteiger partial charge in [-0.15, -0.1) is 11.3 Å². The van der Waals surface area contributed by atoms with Crippen LogP contribution in [0.25, 0.3) is 0 Å². The minimum absolute atomic E-state index is 0.168. The van der Waals surface area contributed by atoms with E-state index in [0.29, 0.717) is 17.8 Å². The van der Waals surface area contributed by atoms with Gasteiger partial charge in [0.25, 0.3) is 5.91 Å². The molecule has 0 aliphatic rings. The molecule has 2 amide bonds. The number of rotatable bonds is 5. The van der Waals surface area contributed by atoms with Crippen molar-refractivity contribution in [1.82, 2.24) is 5.32 Å². The van der Waals surface area contributed by atoms with Crippen LogP contribution in [0.3, 0.4) is 0 Å². The molecule has 2 aromatic rings. The molecule has 0 spiro atoms. The monoisotopic (exact) mass is 299 g/mol. The van der Waals surface area contributed by atoms with Crippen molar-refractivity contribution in [2.45, 2.75) is 13.0 Å². The summed E-state index contributed by atoms with van der Waals surface area (Å²) in [7, 11) is 0. The fraction of sp³-hybridized carbons (Fsp3) is 0.133. The van der Waals surface area contributed by atoms with Crippen molar-refractivity contribution in [3.8, 4) is 6.07 Å². The van der Waals surface area contributed by atoms with Crippen molar-refractivity contribution in [3.63, 3.8) is 0 Å². The Labute approximate surface area is 126 Å². The van der Waals surface area contributed by atoms with E-state index in [0.717, 1.165) is 4.88 Å². The quantitative estimate of drug-likeness (QED) is 0.890.